The number of benzene rings is 1. The van der Waals surface area contributed by atoms with Gasteiger partial charge in [0.05, 0.1) is 0 Å². The van der Waals surface area contributed by atoms with E-state index in [1.54, 1.807) is 0 Å². The Morgan fingerprint density at radius 2 is 1.95 bits per heavy atom. The molecule has 1 aliphatic rings. The topological polar surface area (TPSA) is 46.3 Å². The van der Waals surface area contributed by atoms with Crippen LogP contribution in [0, 0.1) is 5.92 Å². The van der Waals surface area contributed by atoms with E-state index in [-0.39, 0.29) is 24.4 Å². The fourth-order valence-electron chi connectivity index (χ4n) is 3.04. The van der Waals surface area contributed by atoms with Crippen molar-refractivity contribution in [2.24, 2.45) is 11.7 Å². The van der Waals surface area contributed by atoms with E-state index in [2.05, 4.69) is 32.9 Å². The third-order valence-corrected chi connectivity index (χ3v) is 4.44. The minimum absolute atomic E-state index is 0. The largest absolute Gasteiger partial charge is 0.334 e. The lowest BCUT2D eigenvalue weighted by atomic mass is 9.90. The van der Waals surface area contributed by atoms with Crippen LogP contribution >= 0.6 is 12.4 Å². The summed E-state index contributed by atoms with van der Waals surface area (Å²) in [5.74, 6) is 1.11. The van der Waals surface area contributed by atoms with Crippen molar-refractivity contribution in [3.63, 3.8) is 0 Å². The fraction of sp³-hybridized carbons (Fsp3) is 0.588. The Labute approximate surface area is 134 Å². The summed E-state index contributed by atoms with van der Waals surface area (Å²) in [6.07, 6.45) is 2.24. The van der Waals surface area contributed by atoms with E-state index in [0.717, 1.165) is 24.9 Å². The summed E-state index contributed by atoms with van der Waals surface area (Å²) in [5.41, 5.74) is 7.92. The molecule has 1 fully saturated rings. The van der Waals surface area contributed by atoms with Gasteiger partial charge in [-0.25, -0.2) is 0 Å². The molecule has 2 unspecified atom stereocenters. The number of carbonyl (C=O) groups excluding carboxylic acids is 1. The zero-order valence-corrected chi connectivity index (χ0v) is 14.0. The van der Waals surface area contributed by atoms with Gasteiger partial charge in [0.25, 0.3) is 5.91 Å². The average molecular weight is 311 g/mol. The van der Waals surface area contributed by atoms with Crippen molar-refractivity contribution in [3.05, 3.63) is 35.4 Å². The second-order valence-corrected chi connectivity index (χ2v) is 6.20. The van der Waals surface area contributed by atoms with Gasteiger partial charge in [-0.2, -0.15) is 0 Å². The van der Waals surface area contributed by atoms with E-state index >= 15 is 0 Å². The molecule has 1 aliphatic heterocycles. The highest BCUT2D eigenvalue weighted by Crippen LogP contribution is 2.25. The highest BCUT2D eigenvalue weighted by atomic mass is 35.5. The van der Waals surface area contributed by atoms with E-state index in [4.69, 9.17) is 5.73 Å². The Balaban J connectivity index is 0.00000220. The van der Waals surface area contributed by atoms with Gasteiger partial charge in [-0.15, -0.1) is 12.4 Å². The minimum atomic E-state index is 0. The molecule has 1 aromatic carbocycles. The predicted molar refractivity (Wildman–Crippen MR) is 90.1 cm³/mol. The van der Waals surface area contributed by atoms with Gasteiger partial charge in [-0.3, -0.25) is 4.79 Å². The number of nitrogens with two attached hydrogens (primary N) is 1. The SMILES string of the molecule is CC(C)c1ccc(C(=O)N2CCCC(C)C2CN)cc1.Cl. The molecule has 1 aromatic rings. The summed E-state index contributed by atoms with van der Waals surface area (Å²) in [6, 6.07) is 8.20. The van der Waals surface area contributed by atoms with Crippen LogP contribution in [0.25, 0.3) is 0 Å². The standard InChI is InChI=1S/C17H26N2O.ClH/c1-12(2)14-6-8-15(9-7-14)17(20)19-10-4-5-13(3)16(19)11-18;/h6-9,12-13,16H,4-5,10-11,18H2,1-3H3;1H. The zero-order valence-electron chi connectivity index (χ0n) is 13.2. The van der Waals surface area contributed by atoms with Crippen molar-refractivity contribution >= 4 is 18.3 Å². The maximum absolute atomic E-state index is 12.7. The molecular formula is C17H27ClN2O. The van der Waals surface area contributed by atoms with Gasteiger partial charge >= 0.3 is 0 Å². The first-order chi connectivity index (χ1) is 9.54. The Bertz CT molecular complexity index is 458. The lowest BCUT2D eigenvalue weighted by molar-refractivity contribution is 0.0532. The Morgan fingerprint density at radius 3 is 2.48 bits per heavy atom. The molecule has 4 heteroatoms. The molecule has 1 heterocycles. The second kappa shape index (κ2) is 7.81. The third kappa shape index (κ3) is 3.98. The fourth-order valence-corrected chi connectivity index (χ4v) is 3.04. The lowest BCUT2D eigenvalue weighted by Gasteiger charge is -2.39. The Hall–Kier alpha value is -1.06. The first-order valence-corrected chi connectivity index (χ1v) is 7.65. The van der Waals surface area contributed by atoms with Crippen LogP contribution in [0.5, 0.6) is 0 Å². The van der Waals surface area contributed by atoms with Gasteiger partial charge in [-0.05, 0) is 42.4 Å². The first kappa shape index (κ1) is 18.0. The number of amides is 1. The first-order valence-electron chi connectivity index (χ1n) is 7.65. The van der Waals surface area contributed by atoms with Gasteiger partial charge in [-0.1, -0.05) is 32.9 Å². The van der Waals surface area contributed by atoms with E-state index in [1.165, 1.54) is 5.56 Å². The van der Waals surface area contributed by atoms with Crippen LogP contribution in [0.1, 0.15) is 55.5 Å². The zero-order chi connectivity index (χ0) is 14.7. The molecular weight excluding hydrogens is 284 g/mol. The van der Waals surface area contributed by atoms with Crippen molar-refractivity contribution in [1.82, 2.24) is 4.90 Å². The summed E-state index contributed by atoms with van der Waals surface area (Å²) in [6.45, 7) is 7.90. The smallest absolute Gasteiger partial charge is 0.254 e. The van der Waals surface area contributed by atoms with E-state index in [9.17, 15) is 4.79 Å². The number of hydrogen-bond acceptors (Lipinski definition) is 2. The average Bonchev–Trinajstić information content (AvgIpc) is 2.46. The number of carbonyl (C=O) groups is 1. The Morgan fingerprint density at radius 1 is 1.33 bits per heavy atom. The van der Waals surface area contributed by atoms with Crippen molar-refractivity contribution < 1.29 is 4.79 Å². The molecule has 2 atom stereocenters. The number of rotatable bonds is 3. The van der Waals surface area contributed by atoms with Gasteiger partial charge in [0.1, 0.15) is 0 Å². The van der Waals surface area contributed by atoms with Gasteiger partial charge < -0.3 is 10.6 Å². The molecule has 2 rings (SSSR count). The number of piperidine rings is 1. The van der Waals surface area contributed by atoms with E-state index in [0.29, 0.717) is 18.4 Å². The molecule has 1 saturated heterocycles. The summed E-state index contributed by atoms with van der Waals surface area (Å²) < 4.78 is 0. The monoisotopic (exact) mass is 310 g/mol. The van der Waals surface area contributed by atoms with Crippen molar-refractivity contribution in [3.8, 4) is 0 Å². The molecule has 21 heavy (non-hydrogen) atoms. The van der Waals surface area contributed by atoms with Crippen molar-refractivity contribution in [2.75, 3.05) is 13.1 Å². The molecule has 0 spiro atoms. The molecule has 118 valence electrons. The highest BCUT2D eigenvalue weighted by Gasteiger charge is 2.31. The van der Waals surface area contributed by atoms with Crippen LogP contribution in [0.15, 0.2) is 24.3 Å². The third-order valence-electron chi connectivity index (χ3n) is 4.44. The number of likely N-dealkylation sites (tertiary alicyclic amines) is 1. The highest BCUT2D eigenvalue weighted by molar-refractivity contribution is 5.94. The van der Waals surface area contributed by atoms with E-state index < -0.39 is 0 Å². The minimum Gasteiger partial charge on any atom is -0.334 e. The van der Waals surface area contributed by atoms with Crippen LogP contribution in [-0.2, 0) is 0 Å². The van der Waals surface area contributed by atoms with Crippen LogP contribution < -0.4 is 5.73 Å². The van der Waals surface area contributed by atoms with E-state index in [1.807, 2.05) is 17.0 Å². The van der Waals surface area contributed by atoms with Gasteiger partial charge in [0.15, 0.2) is 0 Å². The summed E-state index contributed by atoms with van der Waals surface area (Å²) in [5, 5.41) is 0. The van der Waals surface area contributed by atoms with Gasteiger partial charge in [0.2, 0.25) is 0 Å². The normalized spacial score (nSPS) is 22.0. The lowest BCUT2D eigenvalue weighted by Crippen LogP contribution is -2.51. The van der Waals surface area contributed by atoms with Crippen LogP contribution in [-0.4, -0.2) is 29.9 Å². The summed E-state index contributed by atoms with van der Waals surface area (Å²) in [4.78, 5) is 14.6. The predicted octanol–water partition coefficient (Wildman–Crippen LogP) is 3.43. The Kier molecular flexibility index (Phi) is 6.69. The molecule has 1 amide bonds. The molecule has 2 N–H and O–H groups in total. The maximum atomic E-state index is 12.7. The van der Waals surface area contributed by atoms with Gasteiger partial charge in [0, 0.05) is 24.7 Å². The van der Waals surface area contributed by atoms with Crippen molar-refractivity contribution in [2.45, 2.75) is 45.6 Å². The van der Waals surface area contributed by atoms with Crippen LogP contribution in [0.4, 0.5) is 0 Å². The summed E-state index contributed by atoms with van der Waals surface area (Å²) >= 11 is 0. The summed E-state index contributed by atoms with van der Waals surface area (Å²) in [7, 11) is 0. The number of halogens is 1. The quantitative estimate of drug-likeness (QED) is 0.929. The van der Waals surface area contributed by atoms with Crippen LogP contribution in [0.2, 0.25) is 0 Å². The number of nitrogens with zero attached hydrogens (tertiary/aromatic N) is 1. The molecule has 3 nitrogen and oxygen atoms in total. The molecule has 0 aromatic heterocycles. The molecule has 0 bridgehead atoms. The maximum Gasteiger partial charge on any atom is 0.254 e. The van der Waals surface area contributed by atoms with Crippen molar-refractivity contribution in [1.29, 1.82) is 0 Å². The molecule has 0 radical (unpaired) electrons. The van der Waals surface area contributed by atoms with Crippen LogP contribution in [0.3, 0.4) is 0 Å². The molecule has 0 aliphatic carbocycles. The number of hydrogen-bond donors (Lipinski definition) is 1. The molecule has 0 saturated carbocycles. The second-order valence-electron chi connectivity index (χ2n) is 6.20.